The van der Waals surface area contributed by atoms with Crippen molar-refractivity contribution in [3.63, 3.8) is 0 Å². The summed E-state index contributed by atoms with van der Waals surface area (Å²) in [5, 5.41) is 5.99. The average Bonchev–Trinajstić information content (AvgIpc) is 2.74. The number of nitrogens with one attached hydrogen (secondary N) is 1. The first-order valence-corrected chi connectivity index (χ1v) is 10.5. The quantitative estimate of drug-likeness (QED) is 0.282. The second-order valence-electron chi connectivity index (χ2n) is 6.36. The molecular formula is C23H21Cl3N2O2. The molecule has 0 aliphatic heterocycles. The maximum absolute atomic E-state index is 6.15. The number of nitrogens with zero attached hydrogens (tertiary/aromatic N) is 1. The third kappa shape index (κ3) is 6.30. The van der Waals surface area contributed by atoms with Gasteiger partial charge in [-0.2, -0.15) is 5.10 Å². The van der Waals surface area contributed by atoms with Crippen LogP contribution in [0.3, 0.4) is 0 Å². The highest BCUT2D eigenvalue weighted by atomic mass is 35.5. The number of benzene rings is 3. The fourth-order valence-corrected chi connectivity index (χ4v) is 3.20. The highest BCUT2D eigenvalue weighted by Crippen LogP contribution is 2.30. The molecule has 0 bridgehead atoms. The predicted octanol–water partition coefficient (Wildman–Crippen LogP) is 6.75. The third-order valence-corrected chi connectivity index (χ3v) is 5.29. The van der Waals surface area contributed by atoms with Crippen LogP contribution in [0.5, 0.6) is 11.5 Å². The number of ether oxygens (including phenoxy) is 2. The Morgan fingerprint density at radius 1 is 0.867 bits per heavy atom. The fraction of sp³-hybridized carbons (Fsp3) is 0.174. The van der Waals surface area contributed by atoms with Crippen LogP contribution >= 0.6 is 34.8 Å². The van der Waals surface area contributed by atoms with Crippen molar-refractivity contribution in [2.24, 2.45) is 5.10 Å². The molecule has 0 amide bonds. The van der Waals surface area contributed by atoms with Gasteiger partial charge in [-0.3, -0.25) is 0 Å². The number of rotatable bonds is 9. The summed E-state index contributed by atoms with van der Waals surface area (Å²) in [6, 6.07) is 18.7. The van der Waals surface area contributed by atoms with Gasteiger partial charge in [-0.05, 0) is 60.0 Å². The normalized spacial score (nSPS) is 10.9. The summed E-state index contributed by atoms with van der Waals surface area (Å²) >= 11 is 18.2. The van der Waals surface area contributed by atoms with Gasteiger partial charge in [-0.25, -0.2) is 0 Å². The summed E-state index contributed by atoms with van der Waals surface area (Å²) < 4.78 is 11.6. The van der Waals surface area contributed by atoms with Crippen LogP contribution in [0.15, 0.2) is 65.8 Å². The number of hydrazone groups is 1. The molecule has 3 aromatic carbocycles. The molecule has 4 nitrogen and oxygen atoms in total. The summed E-state index contributed by atoms with van der Waals surface area (Å²) in [4.78, 5) is 0. The molecule has 0 saturated carbocycles. The smallest absolute Gasteiger partial charge is 0.161 e. The molecule has 3 rings (SSSR count). The van der Waals surface area contributed by atoms with E-state index in [2.05, 4.69) is 10.5 Å². The Hall–Kier alpha value is -2.40. The van der Waals surface area contributed by atoms with E-state index in [-0.39, 0.29) is 0 Å². The first-order valence-electron chi connectivity index (χ1n) is 9.39. The van der Waals surface area contributed by atoms with Crippen LogP contribution in [0.4, 0.5) is 0 Å². The van der Waals surface area contributed by atoms with Crippen molar-refractivity contribution in [2.45, 2.75) is 20.1 Å². The van der Waals surface area contributed by atoms with E-state index in [1.807, 2.05) is 55.5 Å². The first kappa shape index (κ1) is 22.3. The Morgan fingerprint density at radius 2 is 1.70 bits per heavy atom. The Bertz CT molecular complexity index is 1030. The summed E-state index contributed by atoms with van der Waals surface area (Å²) in [7, 11) is 0. The van der Waals surface area contributed by atoms with Crippen LogP contribution in [0.2, 0.25) is 15.1 Å². The maximum atomic E-state index is 6.15. The van der Waals surface area contributed by atoms with Gasteiger partial charge in [0.25, 0.3) is 0 Å². The molecule has 0 aromatic heterocycles. The van der Waals surface area contributed by atoms with Crippen molar-refractivity contribution in [2.75, 3.05) is 6.61 Å². The Kier molecular flexibility index (Phi) is 8.26. The molecule has 0 fully saturated rings. The minimum Gasteiger partial charge on any atom is -0.490 e. The van der Waals surface area contributed by atoms with E-state index in [9.17, 15) is 0 Å². The highest BCUT2D eigenvalue weighted by Gasteiger charge is 2.07. The lowest BCUT2D eigenvalue weighted by Gasteiger charge is -2.13. The van der Waals surface area contributed by atoms with Gasteiger partial charge in [0, 0.05) is 5.02 Å². The Labute approximate surface area is 191 Å². The van der Waals surface area contributed by atoms with E-state index < -0.39 is 0 Å². The van der Waals surface area contributed by atoms with Gasteiger partial charge in [0.2, 0.25) is 0 Å². The molecule has 30 heavy (non-hydrogen) atoms. The lowest BCUT2D eigenvalue weighted by molar-refractivity contribution is 0.269. The lowest BCUT2D eigenvalue weighted by atomic mass is 10.2. The van der Waals surface area contributed by atoms with Crippen molar-refractivity contribution in [1.82, 2.24) is 5.43 Å². The van der Waals surface area contributed by atoms with Gasteiger partial charge in [0.1, 0.15) is 6.61 Å². The first-order chi connectivity index (χ1) is 14.6. The van der Waals surface area contributed by atoms with Crippen molar-refractivity contribution in [3.05, 3.63) is 92.4 Å². The van der Waals surface area contributed by atoms with Gasteiger partial charge in [-0.1, -0.05) is 59.1 Å². The van der Waals surface area contributed by atoms with Crippen LogP contribution in [0, 0.1) is 0 Å². The zero-order chi connectivity index (χ0) is 21.3. The van der Waals surface area contributed by atoms with E-state index >= 15 is 0 Å². The van der Waals surface area contributed by atoms with Gasteiger partial charge >= 0.3 is 0 Å². The molecule has 0 heterocycles. The minimum atomic E-state index is 0.351. The van der Waals surface area contributed by atoms with E-state index in [1.54, 1.807) is 18.3 Å². The molecule has 7 heteroatoms. The minimum absolute atomic E-state index is 0.351. The van der Waals surface area contributed by atoms with Gasteiger partial charge in [-0.15, -0.1) is 0 Å². The maximum Gasteiger partial charge on any atom is 0.161 e. The largest absolute Gasteiger partial charge is 0.490 e. The molecule has 0 radical (unpaired) electrons. The molecule has 0 unspecified atom stereocenters. The molecule has 0 atom stereocenters. The molecule has 0 aliphatic rings. The number of hydrogen-bond donors (Lipinski definition) is 1. The van der Waals surface area contributed by atoms with Crippen LogP contribution in [0.1, 0.15) is 23.6 Å². The molecule has 0 saturated heterocycles. The van der Waals surface area contributed by atoms with Crippen molar-refractivity contribution < 1.29 is 9.47 Å². The van der Waals surface area contributed by atoms with E-state index in [0.29, 0.717) is 46.3 Å². The molecule has 0 aliphatic carbocycles. The Balaban J connectivity index is 1.63. The van der Waals surface area contributed by atoms with Gasteiger partial charge < -0.3 is 14.9 Å². The topological polar surface area (TPSA) is 42.8 Å². The van der Waals surface area contributed by atoms with Crippen LogP contribution < -0.4 is 14.9 Å². The SMILES string of the molecule is CCOc1cc(/C=N\NCc2ccccc2Cl)ccc1OCc1ccc(Cl)c(Cl)c1. The second-order valence-corrected chi connectivity index (χ2v) is 7.58. The monoisotopic (exact) mass is 462 g/mol. The van der Waals surface area contributed by atoms with Crippen molar-refractivity contribution in [1.29, 1.82) is 0 Å². The average molecular weight is 464 g/mol. The third-order valence-electron chi connectivity index (χ3n) is 4.18. The van der Waals surface area contributed by atoms with E-state index in [4.69, 9.17) is 44.3 Å². The molecule has 1 N–H and O–H groups in total. The summed E-state index contributed by atoms with van der Waals surface area (Å²) in [5.74, 6) is 1.29. The summed E-state index contributed by atoms with van der Waals surface area (Å²) in [5.41, 5.74) is 5.79. The zero-order valence-corrected chi connectivity index (χ0v) is 18.6. The van der Waals surface area contributed by atoms with Crippen LogP contribution in [-0.4, -0.2) is 12.8 Å². The standard InChI is InChI=1S/C23H21Cl3N2O2/c1-2-29-23-12-16(13-27-28-14-18-5-3-4-6-19(18)24)8-10-22(23)30-15-17-7-9-20(25)21(26)11-17/h3-13,28H,2,14-15H2,1H3/b27-13-. The number of hydrogen-bond acceptors (Lipinski definition) is 4. The van der Waals surface area contributed by atoms with E-state index in [0.717, 1.165) is 16.7 Å². The van der Waals surface area contributed by atoms with Crippen molar-refractivity contribution >= 4 is 41.0 Å². The van der Waals surface area contributed by atoms with Crippen LogP contribution in [0.25, 0.3) is 0 Å². The van der Waals surface area contributed by atoms with Gasteiger partial charge in [0.05, 0.1) is 29.4 Å². The van der Waals surface area contributed by atoms with Gasteiger partial charge in [0.15, 0.2) is 11.5 Å². The molecule has 0 spiro atoms. The zero-order valence-electron chi connectivity index (χ0n) is 16.4. The summed E-state index contributed by atoms with van der Waals surface area (Å²) in [6.07, 6.45) is 1.72. The highest BCUT2D eigenvalue weighted by molar-refractivity contribution is 6.42. The van der Waals surface area contributed by atoms with Crippen molar-refractivity contribution in [3.8, 4) is 11.5 Å². The van der Waals surface area contributed by atoms with Crippen LogP contribution in [-0.2, 0) is 13.2 Å². The molecule has 3 aromatic rings. The molecular weight excluding hydrogens is 443 g/mol. The molecule has 156 valence electrons. The fourth-order valence-electron chi connectivity index (χ4n) is 2.68. The van der Waals surface area contributed by atoms with E-state index in [1.165, 1.54) is 0 Å². The Morgan fingerprint density at radius 3 is 2.47 bits per heavy atom. The lowest BCUT2D eigenvalue weighted by Crippen LogP contribution is -2.06. The predicted molar refractivity (Wildman–Crippen MR) is 124 cm³/mol. The summed E-state index contributed by atoms with van der Waals surface area (Å²) in [6.45, 7) is 3.34. The number of halogens is 3. The second kappa shape index (κ2) is 11.1.